The van der Waals surface area contributed by atoms with Crippen LogP contribution in [0.3, 0.4) is 0 Å². The van der Waals surface area contributed by atoms with E-state index in [9.17, 15) is 4.79 Å². The molecule has 0 amide bonds. The number of ketones is 1. The van der Waals surface area contributed by atoms with Crippen LogP contribution >= 0.6 is 0 Å². The average molecular weight is 274 g/mol. The van der Waals surface area contributed by atoms with Gasteiger partial charge in [-0.1, -0.05) is 32.0 Å². The first-order valence-corrected chi connectivity index (χ1v) is 7.45. The Balaban J connectivity index is 1.82. The van der Waals surface area contributed by atoms with Gasteiger partial charge in [0.2, 0.25) is 0 Å². The van der Waals surface area contributed by atoms with Crippen LogP contribution in [0.2, 0.25) is 0 Å². The summed E-state index contributed by atoms with van der Waals surface area (Å²) in [6.45, 7) is 5.57. The Kier molecular flexibility index (Phi) is 3.76. The van der Waals surface area contributed by atoms with Gasteiger partial charge in [0.25, 0.3) is 0 Å². The van der Waals surface area contributed by atoms with Gasteiger partial charge in [-0.3, -0.25) is 4.79 Å². The van der Waals surface area contributed by atoms with Crippen molar-refractivity contribution in [2.75, 3.05) is 18.2 Å². The topological polar surface area (TPSA) is 41.6 Å². The van der Waals surface area contributed by atoms with Gasteiger partial charge in [0.1, 0.15) is 6.04 Å². The van der Waals surface area contributed by atoms with Crippen molar-refractivity contribution in [3.05, 3.63) is 29.8 Å². The highest BCUT2D eigenvalue weighted by atomic mass is 16.5. The molecule has 0 aliphatic carbocycles. The van der Waals surface area contributed by atoms with Crippen LogP contribution in [0.25, 0.3) is 0 Å². The number of nitrogens with one attached hydrogen (secondary N) is 1. The monoisotopic (exact) mass is 274 g/mol. The summed E-state index contributed by atoms with van der Waals surface area (Å²) in [6.07, 6.45) is 2.50. The van der Waals surface area contributed by atoms with Crippen LogP contribution in [0.1, 0.15) is 38.3 Å². The van der Waals surface area contributed by atoms with Gasteiger partial charge in [-0.25, -0.2) is 5.43 Å². The summed E-state index contributed by atoms with van der Waals surface area (Å²) < 4.78 is 5.71. The number of carbonyl (C=O) groups is 1. The molecule has 0 aromatic heterocycles. The number of fused-ring (bicyclic) bond motifs is 1. The Hall–Kier alpha value is -1.39. The Morgan fingerprint density at radius 2 is 2.25 bits per heavy atom. The van der Waals surface area contributed by atoms with E-state index >= 15 is 0 Å². The molecule has 20 heavy (non-hydrogen) atoms. The smallest absolute Gasteiger partial charge is 0.158 e. The maximum atomic E-state index is 12.4. The third-order valence-electron chi connectivity index (χ3n) is 4.09. The van der Waals surface area contributed by atoms with Crippen molar-refractivity contribution in [3.63, 3.8) is 0 Å². The molecule has 3 rings (SSSR count). The molecule has 0 saturated carbocycles. The number of rotatable bonds is 4. The molecule has 2 unspecified atom stereocenters. The largest absolute Gasteiger partial charge is 0.376 e. The molecular formula is C16H22N2O2. The fraction of sp³-hybridized carbons (Fsp3) is 0.562. The second-order valence-corrected chi connectivity index (χ2v) is 5.92. The molecule has 4 nitrogen and oxygen atoms in total. The van der Waals surface area contributed by atoms with Crippen LogP contribution in [0.4, 0.5) is 5.69 Å². The van der Waals surface area contributed by atoms with Crippen molar-refractivity contribution < 1.29 is 9.53 Å². The molecule has 1 saturated heterocycles. The maximum Gasteiger partial charge on any atom is 0.158 e. The van der Waals surface area contributed by atoms with Gasteiger partial charge >= 0.3 is 0 Å². The second kappa shape index (κ2) is 5.54. The molecule has 108 valence electrons. The third kappa shape index (κ3) is 2.45. The zero-order valence-corrected chi connectivity index (χ0v) is 12.1. The predicted molar refractivity (Wildman–Crippen MR) is 78.5 cm³/mol. The molecule has 0 spiro atoms. The van der Waals surface area contributed by atoms with Crippen LogP contribution in [0.5, 0.6) is 0 Å². The predicted octanol–water partition coefficient (Wildman–Crippen LogP) is 2.46. The van der Waals surface area contributed by atoms with Gasteiger partial charge < -0.3 is 9.75 Å². The number of para-hydroxylation sites is 1. The van der Waals surface area contributed by atoms with E-state index in [1.165, 1.54) is 0 Å². The number of hydrogen-bond donors (Lipinski definition) is 1. The van der Waals surface area contributed by atoms with Crippen LogP contribution in [-0.4, -0.2) is 25.0 Å². The van der Waals surface area contributed by atoms with Gasteiger partial charge in [-0.05, 0) is 18.9 Å². The SMILES string of the molecule is CC(C)C(=O)C1NN(CC2CCCO2)c2ccccc21. The minimum absolute atomic E-state index is 0.0308. The summed E-state index contributed by atoms with van der Waals surface area (Å²) in [6, 6.07) is 7.92. The van der Waals surface area contributed by atoms with E-state index in [2.05, 4.69) is 16.5 Å². The summed E-state index contributed by atoms with van der Waals surface area (Å²) in [7, 11) is 0. The lowest BCUT2D eigenvalue weighted by molar-refractivity contribution is -0.124. The summed E-state index contributed by atoms with van der Waals surface area (Å²) in [5, 5.41) is 2.09. The Morgan fingerprint density at radius 1 is 1.45 bits per heavy atom. The zero-order chi connectivity index (χ0) is 14.1. The number of nitrogens with zero attached hydrogens (tertiary/aromatic N) is 1. The molecule has 1 fully saturated rings. The van der Waals surface area contributed by atoms with E-state index in [1.54, 1.807) is 0 Å². The third-order valence-corrected chi connectivity index (χ3v) is 4.09. The van der Waals surface area contributed by atoms with Crippen molar-refractivity contribution >= 4 is 11.5 Å². The van der Waals surface area contributed by atoms with Crippen LogP contribution < -0.4 is 10.4 Å². The second-order valence-electron chi connectivity index (χ2n) is 5.92. The van der Waals surface area contributed by atoms with E-state index in [0.29, 0.717) is 0 Å². The van der Waals surface area contributed by atoms with Crippen molar-refractivity contribution in [2.24, 2.45) is 5.92 Å². The molecule has 2 aliphatic rings. The molecule has 1 N–H and O–H groups in total. The molecular weight excluding hydrogens is 252 g/mol. The first-order chi connectivity index (χ1) is 9.66. The van der Waals surface area contributed by atoms with Crippen molar-refractivity contribution in [2.45, 2.75) is 38.8 Å². The van der Waals surface area contributed by atoms with Gasteiger partial charge in [-0.15, -0.1) is 0 Å². The molecule has 0 bridgehead atoms. The summed E-state index contributed by atoms with van der Waals surface area (Å²) in [4.78, 5) is 12.4. The Morgan fingerprint density at radius 3 is 2.95 bits per heavy atom. The first-order valence-electron chi connectivity index (χ1n) is 7.45. The molecule has 1 aromatic carbocycles. The average Bonchev–Trinajstić information content (AvgIpc) is 3.07. The molecule has 2 aliphatic heterocycles. The lowest BCUT2D eigenvalue weighted by Gasteiger charge is -2.24. The first kappa shape index (κ1) is 13.6. The quantitative estimate of drug-likeness (QED) is 0.915. The lowest BCUT2D eigenvalue weighted by Crippen LogP contribution is -2.42. The number of benzene rings is 1. The number of ether oxygens (including phenoxy) is 1. The number of hydrazine groups is 1. The zero-order valence-electron chi connectivity index (χ0n) is 12.1. The minimum atomic E-state index is -0.215. The van der Waals surface area contributed by atoms with Gasteiger partial charge in [0.05, 0.1) is 18.3 Å². The van der Waals surface area contributed by atoms with Crippen molar-refractivity contribution in [1.82, 2.24) is 5.43 Å². The number of carbonyl (C=O) groups excluding carboxylic acids is 1. The van der Waals surface area contributed by atoms with E-state index in [1.807, 2.05) is 32.0 Å². The highest BCUT2D eigenvalue weighted by Crippen LogP contribution is 2.34. The van der Waals surface area contributed by atoms with E-state index in [-0.39, 0.29) is 23.8 Å². The molecule has 2 heterocycles. The fourth-order valence-corrected chi connectivity index (χ4v) is 2.97. The number of hydrogen-bond acceptors (Lipinski definition) is 4. The fourth-order valence-electron chi connectivity index (χ4n) is 2.97. The number of Topliss-reactive ketones (excluding diaryl/α,β-unsaturated/α-hetero) is 1. The van der Waals surface area contributed by atoms with E-state index in [4.69, 9.17) is 4.74 Å². The van der Waals surface area contributed by atoms with Crippen molar-refractivity contribution in [3.8, 4) is 0 Å². The highest BCUT2D eigenvalue weighted by Gasteiger charge is 2.35. The van der Waals surface area contributed by atoms with Gasteiger partial charge in [0.15, 0.2) is 5.78 Å². The number of anilines is 1. The van der Waals surface area contributed by atoms with Crippen LogP contribution in [0.15, 0.2) is 24.3 Å². The molecule has 4 heteroatoms. The molecule has 1 aromatic rings. The normalized spacial score (nSPS) is 25.2. The standard InChI is InChI=1S/C16H22N2O2/c1-11(2)16(19)15-13-7-3-4-8-14(13)18(17-15)10-12-6-5-9-20-12/h3-4,7-8,11-12,15,17H,5-6,9-10H2,1-2H3. The Bertz CT molecular complexity index is 495. The van der Waals surface area contributed by atoms with E-state index < -0.39 is 0 Å². The van der Waals surface area contributed by atoms with Gasteiger partial charge in [0, 0.05) is 18.1 Å². The summed E-state index contributed by atoms with van der Waals surface area (Å²) in [5.41, 5.74) is 5.57. The maximum absolute atomic E-state index is 12.4. The summed E-state index contributed by atoms with van der Waals surface area (Å²) in [5.74, 6) is 0.274. The van der Waals surface area contributed by atoms with Crippen molar-refractivity contribution in [1.29, 1.82) is 0 Å². The van der Waals surface area contributed by atoms with Gasteiger partial charge in [-0.2, -0.15) is 0 Å². The highest BCUT2D eigenvalue weighted by molar-refractivity contribution is 5.90. The summed E-state index contributed by atoms with van der Waals surface area (Å²) >= 11 is 0. The lowest BCUT2D eigenvalue weighted by atomic mass is 9.96. The van der Waals surface area contributed by atoms with Crippen LogP contribution in [0, 0.1) is 5.92 Å². The minimum Gasteiger partial charge on any atom is -0.376 e. The Labute approximate surface area is 120 Å². The van der Waals surface area contributed by atoms with E-state index in [0.717, 1.165) is 37.2 Å². The molecule has 2 atom stereocenters. The van der Waals surface area contributed by atoms with Crippen LogP contribution in [-0.2, 0) is 9.53 Å². The molecule has 0 radical (unpaired) electrons.